The van der Waals surface area contributed by atoms with Gasteiger partial charge in [0.25, 0.3) is 0 Å². The van der Waals surface area contributed by atoms with Crippen molar-refractivity contribution in [2.75, 3.05) is 11.9 Å². The largest absolute Gasteiger partial charge is 0.369 e. The minimum absolute atomic E-state index is 0.296. The highest BCUT2D eigenvalue weighted by atomic mass is 15.0. The van der Waals surface area contributed by atoms with Gasteiger partial charge in [0.1, 0.15) is 5.82 Å². The molecule has 1 heterocycles. The minimum Gasteiger partial charge on any atom is -0.369 e. The summed E-state index contributed by atoms with van der Waals surface area (Å²) in [5.41, 5.74) is 1.50. The first-order valence-electron chi connectivity index (χ1n) is 5.59. The van der Waals surface area contributed by atoms with Crippen LogP contribution in [0.25, 0.3) is 0 Å². The molecule has 0 amide bonds. The maximum absolute atomic E-state index is 4.33. The normalized spacial score (nSPS) is 11.9. The fraction of sp³-hybridized carbons (Fsp3) is 0.615. The van der Waals surface area contributed by atoms with E-state index in [-0.39, 0.29) is 0 Å². The van der Waals surface area contributed by atoms with Crippen LogP contribution >= 0.6 is 0 Å². The van der Waals surface area contributed by atoms with Crippen molar-refractivity contribution in [3.8, 4) is 0 Å². The average Bonchev–Trinajstić information content (AvgIpc) is 2.16. The van der Waals surface area contributed by atoms with E-state index < -0.39 is 0 Å². The summed E-state index contributed by atoms with van der Waals surface area (Å²) in [6.45, 7) is 12.1. The van der Waals surface area contributed by atoms with E-state index in [9.17, 15) is 0 Å². The molecule has 1 rings (SSSR count). The Hall–Kier alpha value is -1.05. The van der Waals surface area contributed by atoms with Crippen LogP contribution in [0.1, 0.15) is 33.3 Å². The number of aromatic nitrogens is 1. The molecule has 2 heteroatoms. The van der Waals surface area contributed by atoms with Gasteiger partial charge in [-0.25, -0.2) is 4.98 Å². The van der Waals surface area contributed by atoms with Gasteiger partial charge in [-0.2, -0.15) is 0 Å². The number of aryl methyl sites for hydroxylation is 1. The van der Waals surface area contributed by atoms with Gasteiger partial charge in [-0.15, -0.1) is 0 Å². The third-order valence-electron chi connectivity index (χ3n) is 3.28. The van der Waals surface area contributed by atoms with Gasteiger partial charge >= 0.3 is 0 Å². The van der Waals surface area contributed by atoms with Crippen LogP contribution < -0.4 is 5.32 Å². The Kier molecular flexibility index (Phi) is 3.72. The fourth-order valence-corrected chi connectivity index (χ4v) is 1.19. The van der Waals surface area contributed by atoms with Gasteiger partial charge in [0.2, 0.25) is 0 Å². The lowest BCUT2D eigenvalue weighted by Crippen LogP contribution is -2.28. The monoisotopic (exact) mass is 206 g/mol. The predicted octanol–water partition coefficient (Wildman–Crippen LogP) is 3.48. The molecular formula is C13H22N2. The Morgan fingerprint density at radius 1 is 1.40 bits per heavy atom. The lowest BCUT2D eigenvalue weighted by atomic mass is 9.81. The van der Waals surface area contributed by atoms with E-state index in [1.165, 1.54) is 5.56 Å². The summed E-state index contributed by atoms with van der Waals surface area (Å²) in [6, 6.07) is 4.05. The minimum atomic E-state index is 0.296. The topological polar surface area (TPSA) is 24.9 Å². The summed E-state index contributed by atoms with van der Waals surface area (Å²) in [4.78, 5) is 4.33. The van der Waals surface area contributed by atoms with E-state index >= 15 is 0 Å². The molecule has 0 bridgehead atoms. The lowest BCUT2D eigenvalue weighted by molar-refractivity contribution is 0.269. The SMILES string of the molecule is Cc1cccnc1NCC(C)(C)C(C)C. The summed E-state index contributed by atoms with van der Waals surface area (Å²) in [5.74, 6) is 1.67. The van der Waals surface area contributed by atoms with Crippen LogP contribution in [0, 0.1) is 18.3 Å². The van der Waals surface area contributed by atoms with Crippen LogP contribution in [0.3, 0.4) is 0 Å². The molecule has 0 fully saturated rings. The quantitative estimate of drug-likeness (QED) is 0.815. The first kappa shape index (κ1) is 12.0. The van der Waals surface area contributed by atoms with Crippen LogP contribution in [0.4, 0.5) is 5.82 Å². The standard InChI is InChI=1S/C13H22N2/c1-10(2)13(4,5)9-15-12-11(3)7-6-8-14-12/h6-8,10H,9H2,1-5H3,(H,14,15). The highest BCUT2D eigenvalue weighted by Crippen LogP contribution is 2.26. The maximum atomic E-state index is 4.33. The van der Waals surface area contributed by atoms with Crippen molar-refractivity contribution in [2.24, 2.45) is 11.3 Å². The summed E-state index contributed by atoms with van der Waals surface area (Å²) in [6.07, 6.45) is 1.83. The van der Waals surface area contributed by atoms with Gasteiger partial charge in [-0.1, -0.05) is 33.8 Å². The fourth-order valence-electron chi connectivity index (χ4n) is 1.19. The third kappa shape index (κ3) is 3.22. The van der Waals surface area contributed by atoms with Crippen molar-refractivity contribution < 1.29 is 0 Å². The molecule has 15 heavy (non-hydrogen) atoms. The van der Waals surface area contributed by atoms with Gasteiger partial charge in [0.15, 0.2) is 0 Å². The van der Waals surface area contributed by atoms with Gasteiger partial charge in [-0.05, 0) is 29.9 Å². The van der Waals surface area contributed by atoms with E-state index in [0.717, 1.165) is 12.4 Å². The van der Waals surface area contributed by atoms with Crippen molar-refractivity contribution in [1.29, 1.82) is 0 Å². The van der Waals surface area contributed by atoms with Crippen LogP contribution in [0.5, 0.6) is 0 Å². The van der Waals surface area contributed by atoms with E-state index in [1.807, 2.05) is 12.3 Å². The molecule has 0 aromatic carbocycles. The summed E-state index contributed by atoms with van der Waals surface area (Å²) in [5, 5.41) is 3.42. The summed E-state index contributed by atoms with van der Waals surface area (Å²) in [7, 11) is 0. The molecule has 0 aliphatic heterocycles. The van der Waals surface area contributed by atoms with Gasteiger partial charge in [0, 0.05) is 12.7 Å². The molecule has 0 radical (unpaired) electrons. The summed E-state index contributed by atoms with van der Waals surface area (Å²) >= 11 is 0. The molecule has 1 N–H and O–H groups in total. The molecule has 0 aliphatic carbocycles. The average molecular weight is 206 g/mol. The molecule has 1 aromatic rings. The number of rotatable bonds is 4. The van der Waals surface area contributed by atoms with Gasteiger partial charge in [-0.3, -0.25) is 0 Å². The van der Waals surface area contributed by atoms with Crippen LogP contribution in [0.2, 0.25) is 0 Å². The highest BCUT2D eigenvalue weighted by Gasteiger charge is 2.22. The Morgan fingerprint density at radius 3 is 2.60 bits per heavy atom. The molecule has 0 atom stereocenters. The Morgan fingerprint density at radius 2 is 2.07 bits per heavy atom. The first-order chi connectivity index (χ1) is 6.93. The number of hydrogen-bond donors (Lipinski definition) is 1. The van der Waals surface area contributed by atoms with Crippen LogP contribution in [-0.4, -0.2) is 11.5 Å². The second-order valence-corrected chi connectivity index (χ2v) is 5.17. The molecule has 84 valence electrons. The van der Waals surface area contributed by atoms with Crippen molar-refractivity contribution in [3.05, 3.63) is 23.9 Å². The van der Waals surface area contributed by atoms with E-state index in [2.05, 4.69) is 51.0 Å². The number of nitrogens with one attached hydrogen (secondary N) is 1. The molecule has 0 saturated heterocycles. The smallest absolute Gasteiger partial charge is 0.128 e. The predicted molar refractivity (Wildman–Crippen MR) is 66.1 cm³/mol. The maximum Gasteiger partial charge on any atom is 0.128 e. The van der Waals surface area contributed by atoms with Crippen molar-refractivity contribution in [2.45, 2.75) is 34.6 Å². The second-order valence-electron chi connectivity index (χ2n) is 5.17. The number of anilines is 1. The van der Waals surface area contributed by atoms with Crippen molar-refractivity contribution in [3.63, 3.8) is 0 Å². The zero-order valence-electron chi connectivity index (χ0n) is 10.5. The van der Waals surface area contributed by atoms with Crippen molar-refractivity contribution in [1.82, 2.24) is 4.98 Å². The first-order valence-corrected chi connectivity index (χ1v) is 5.59. The molecule has 2 nitrogen and oxygen atoms in total. The molecule has 0 unspecified atom stereocenters. The molecule has 0 spiro atoms. The van der Waals surface area contributed by atoms with E-state index in [4.69, 9.17) is 0 Å². The number of pyridine rings is 1. The Bertz CT molecular complexity index is 316. The molecular weight excluding hydrogens is 184 g/mol. The lowest BCUT2D eigenvalue weighted by Gasteiger charge is -2.29. The second kappa shape index (κ2) is 4.65. The van der Waals surface area contributed by atoms with E-state index in [1.54, 1.807) is 0 Å². The van der Waals surface area contributed by atoms with Gasteiger partial charge in [0.05, 0.1) is 0 Å². The van der Waals surface area contributed by atoms with Crippen molar-refractivity contribution >= 4 is 5.82 Å². The zero-order valence-corrected chi connectivity index (χ0v) is 10.5. The molecule has 0 aliphatic rings. The van der Waals surface area contributed by atoms with Gasteiger partial charge < -0.3 is 5.32 Å². The molecule has 1 aromatic heterocycles. The van der Waals surface area contributed by atoms with Crippen LogP contribution in [-0.2, 0) is 0 Å². The summed E-state index contributed by atoms with van der Waals surface area (Å²) < 4.78 is 0. The number of hydrogen-bond acceptors (Lipinski definition) is 2. The third-order valence-corrected chi connectivity index (χ3v) is 3.28. The molecule has 0 saturated carbocycles. The zero-order chi connectivity index (χ0) is 11.5. The van der Waals surface area contributed by atoms with E-state index in [0.29, 0.717) is 11.3 Å². The highest BCUT2D eigenvalue weighted by molar-refractivity contribution is 5.42. The Balaban J connectivity index is 2.62. The number of nitrogens with zero attached hydrogens (tertiary/aromatic N) is 1. The van der Waals surface area contributed by atoms with Crippen LogP contribution in [0.15, 0.2) is 18.3 Å². The Labute approximate surface area is 93.1 Å².